The number of benzene rings is 1. The van der Waals surface area contributed by atoms with E-state index in [1.54, 1.807) is 25.3 Å². The third kappa shape index (κ3) is 2.03. The van der Waals surface area contributed by atoms with E-state index < -0.39 is 0 Å². The quantitative estimate of drug-likeness (QED) is 0.729. The fourth-order valence-electron chi connectivity index (χ4n) is 1.18. The lowest BCUT2D eigenvalue weighted by Crippen LogP contribution is -2.09. The molecule has 0 radical (unpaired) electrons. The lowest BCUT2D eigenvalue weighted by molar-refractivity contribution is 0.0599. The van der Waals surface area contributed by atoms with Crippen LogP contribution in [0.2, 0.25) is 0 Å². The number of rotatable bonds is 3. The minimum atomic E-state index is -0.381. The Labute approximate surface area is 82.6 Å². The van der Waals surface area contributed by atoms with E-state index in [0.717, 1.165) is 5.56 Å². The molecule has 0 unspecified atom stereocenters. The van der Waals surface area contributed by atoms with Crippen molar-refractivity contribution in [2.24, 2.45) is 5.73 Å². The Hall–Kier alpha value is -1.55. The van der Waals surface area contributed by atoms with Crippen molar-refractivity contribution >= 4 is 5.97 Å². The summed E-state index contributed by atoms with van der Waals surface area (Å²) < 4.78 is 9.63. The Bertz CT molecular complexity index is 336. The number of methoxy groups -OCH3 is 2. The van der Waals surface area contributed by atoms with Crippen LogP contribution in [0.5, 0.6) is 5.75 Å². The van der Waals surface area contributed by atoms with Gasteiger partial charge in [-0.05, 0) is 23.8 Å². The Morgan fingerprint density at radius 2 is 2.14 bits per heavy atom. The molecule has 0 spiro atoms. The summed E-state index contributed by atoms with van der Waals surface area (Å²) in [4.78, 5) is 11.3. The maximum atomic E-state index is 11.3. The smallest absolute Gasteiger partial charge is 0.338 e. The van der Waals surface area contributed by atoms with Gasteiger partial charge < -0.3 is 15.2 Å². The summed E-state index contributed by atoms with van der Waals surface area (Å²) in [6, 6.07) is 5.07. The van der Waals surface area contributed by atoms with E-state index in [-0.39, 0.29) is 12.5 Å². The molecule has 0 atom stereocenters. The minimum Gasteiger partial charge on any atom is -0.497 e. The van der Waals surface area contributed by atoms with Crippen LogP contribution in [0.3, 0.4) is 0 Å². The monoisotopic (exact) mass is 195 g/mol. The normalized spacial score (nSPS) is 9.64. The summed E-state index contributed by atoms with van der Waals surface area (Å²) in [5.74, 6) is 0.297. The van der Waals surface area contributed by atoms with Crippen molar-refractivity contribution in [3.63, 3.8) is 0 Å². The third-order valence-electron chi connectivity index (χ3n) is 1.94. The summed E-state index contributed by atoms with van der Waals surface area (Å²) in [5, 5.41) is 0. The van der Waals surface area contributed by atoms with Gasteiger partial charge >= 0.3 is 5.97 Å². The van der Waals surface area contributed by atoms with Gasteiger partial charge in [0.1, 0.15) is 5.75 Å². The minimum absolute atomic E-state index is 0.279. The molecule has 0 fully saturated rings. The van der Waals surface area contributed by atoms with Crippen molar-refractivity contribution in [1.82, 2.24) is 0 Å². The second-order valence-electron chi connectivity index (χ2n) is 2.72. The number of hydrogen-bond donors (Lipinski definition) is 1. The van der Waals surface area contributed by atoms with E-state index in [1.165, 1.54) is 7.11 Å². The maximum Gasteiger partial charge on any atom is 0.338 e. The van der Waals surface area contributed by atoms with E-state index in [1.807, 2.05) is 0 Å². The molecule has 4 heteroatoms. The molecule has 2 N–H and O–H groups in total. The van der Waals surface area contributed by atoms with Crippen LogP contribution >= 0.6 is 0 Å². The molecule has 14 heavy (non-hydrogen) atoms. The Balaban J connectivity index is 3.11. The lowest BCUT2D eigenvalue weighted by Gasteiger charge is -2.07. The Morgan fingerprint density at radius 3 is 2.64 bits per heavy atom. The van der Waals surface area contributed by atoms with Crippen LogP contribution in [-0.2, 0) is 11.3 Å². The summed E-state index contributed by atoms with van der Waals surface area (Å²) in [6.07, 6.45) is 0. The fourth-order valence-corrected chi connectivity index (χ4v) is 1.18. The van der Waals surface area contributed by atoms with Gasteiger partial charge in [-0.3, -0.25) is 0 Å². The van der Waals surface area contributed by atoms with E-state index in [0.29, 0.717) is 11.3 Å². The van der Waals surface area contributed by atoms with Gasteiger partial charge in [0.15, 0.2) is 0 Å². The van der Waals surface area contributed by atoms with E-state index in [9.17, 15) is 4.79 Å². The van der Waals surface area contributed by atoms with E-state index >= 15 is 0 Å². The predicted molar refractivity (Wildman–Crippen MR) is 52.2 cm³/mol. The summed E-state index contributed by atoms with van der Waals surface area (Å²) in [7, 11) is 2.90. The molecule has 0 aromatic heterocycles. The summed E-state index contributed by atoms with van der Waals surface area (Å²) in [6.45, 7) is 0.279. The average Bonchev–Trinajstić information content (AvgIpc) is 2.27. The zero-order valence-electron chi connectivity index (χ0n) is 8.24. The van der Waals surface area contributed by atoms with Crippen molar-refractivity contribution in [2.45, 2.75) is 6.54 Å². The second kappa shape index (κ2) is 4.62. The lowest BCUT2D eigenvalue weighted by atomic mass is 10.1. The first-order valence-electron chi connectivity index (χ1n) is 4.18. The van der Waals surface area contributed by atoms with E-state index in [2.05, 4.69) is 4.74 Å². The molecule has 76 valence electrons. The molecular formula is C10H13NO3. The first kappa shape index (κ1) is 10.5. The highest BCUT2D eigenvalue weighted by molar-refractivity contribution is 5.91. The molecule has 0 bridgehead atoms. The molecule has 4 nitrogen and oxygen atoms in total. The zero-order chi connectivity index (χ0) is 10.6. The zero-order valence-corrected chi connectivity index (χ0v) is 8.24. The standard InChI is InChI=1S/C10H13NO3/c1-13-8-3-4-9(10(12)14-2)7(5-8)6-11/h3-5H,6,11H2,1-2H3. The van der Waals surface area contributed by atoms with Gasteiger partial charge in [-0.25, -0.2) is 4.79 Å². The molecule has 0 saturated carbocycles. The van der Waals surface area contributed by atoms with Gasteiger partial charge in [0.25, 0.3) is 0 Å². The van der Waals surface area contributed by atoms with Crippen LogP contribution in [0.25, 0.3) is 0 Å². The van der Waals surface area contributed by atoms with Crippen molar-refractivity contribution in [1.29, 1.82) is 0 Å². The topological polar surface area (TPSA) is 61.5 Å². The number of ether oxygens (including phenoxy) is 2. The van der Waals surface area contributed by atoms with Crippen LogP contribution in [0.1, 0.15) is 15.9 Å². The Morgan fingerprint density at radius 1 is 1.43 bits per heavy atom. The first-order chi connectivity index (χ1) is 6.72. The second-order valence-corrected chi connectivity index (χ2v) is 2.72. The first-order valence-corrected chi connectivity index (χ1v) is 4.18. The van der Waals surface area contributed by atoms with Gasteiger partial charge in [-0.15, -0.1) is 0 Å². The largest absolute Gasteiger partial charge is 0.497 e. The molecular weight excluding hydrogens is 182 g/mol. The molecule has 1 rings (SSSR count). The molecule has 0 heterocycles. The molecule has 0 aliphatic carbocycles. The van der Waals surface area contributed by atoms with Gasteiger partial charge in [0.2, 0.25) is 0 Å². The van der Waals surface area contributed by atoms with E-state index in [4.69, 9.17) is 10.5 Å². The molecule has 0 amide bonds. The number of carbonyl (C=O) groups is 1. The maximum absolute atomic E-state index is 11.3. The molecule has 1 aromatic carbocycles. The van der Waals surface area contributed by atoms with Crippen molar-refractivity contribution in [2.75, 3.05) is 14.2 Å². The fraction of sp³-hybridized carbons (Fsp3) is 0.300. The van der Waals surface area contributed by atoms with Gasteiger partial charge in [0.05, 0.1) is 19.8 Å². The highest BCUT2D eigenvalue weighted by Gasteiger charge is 2.11. The van der Waals surface area contributed by atoms with Crippen LogP contribution < -0.4 is 10.5 Å². The SMILES string of the molecule is COC(=O)c1ccc(OC)cc1CN. The van der Waals surface area contributed by atoms with Crippen molar-refractivity contribution < 1.29 is 14.3 Å². The molecule has 0 saturated heterocycles. The van der Waals surface area contributed by atoms with Crippen LogP contribution in [0.4, 0.5) is 0 Å². The number of hydrogen-bond acceptors (Lipinski definition) is 4. The average molecular weight is 195 g/mol. The number of esters is 1. The third-order valence-corrected chi connectivity index (χ3v) is 1.94. The van der Waals surface area contributed by atoms with Crippen molar-refractivity contribution in [3.8, 4) is 5.75 Å². The van der Waals surface area contributed by atoms with Crippen LogP contribution in [0.15, 0.2) is 18.2 Å². The summed E-state index contributed by atoms with van der Waals surface area (Å²) >= 11 is 0. The van der Waals surface area contributed by atoms with Crippen LogP contribution in [0, 0.1) is 0 Å². The molecule has 0 aliphatic heterocycles. The Kier molecular flexibility index (Phi) is 3.48. The number of nitrogens with two attached hydrogens (primary N) is 1. The predicted octanol–water partition coefficient (Wildman–Crippen LogP) is 0.941. The van der Waals surface area contributed by atoms with Gasteiger partial charge in [-0.2, -0.15) is 0 Å². The van der Waals surface area contributed by atoms with Gasteiger partial charge in [0, 0.05) is 6.54 Å². The molecule has 0 aliphatic rings. The van der Waals surface area contributed by atoms with Gasteiger partial charge in [-0.1, -0.05) is 0 Å². The highest BCUT2D eigenvalue weighted by atomic mass is 16.5. The van der Waals surface area contributed by atoms with Crippen molar-refractivity contribution in [3.05, 3.63) is 29.3 Å². The summed E-state index contributed by atoms with van der Waals surface area (Å²) in [5.41, 5.74) is 6.70. The molecule has 1 aromatic rings. The number of carbonyl (C=O) groups excluding carboxylic acids is 1. The van der Waals surface area contributed by atoms with Crippen LogP contribution in [-0.4, -0.2) is 20.2 Å². The highest BCUT2D eigenvalue weighted by Crippen LogP contribution is 2.17.